The fourth-order valence-corrected chi connectivity index (χ4v) is 7.45. The Bertz CT molecular complexity index is 1380. The third kappa shape index (κ3) is 7.56. The maximum atomic E-state index is 13.8. The summed E-state index contributed by atoms with van der Waals surface area (Å²) in [7, 11) is 0. The maximum absolute atomic E-state index is 13.8. The Labute approximate surface area is 257 Å². The van der Waals surface area contributed by atoms with Gasteiger partial charge < -0.3 is 4.74 Å². The van der Waals surface area contributed by atoms with E-state index in [0.717, 1.165) is 33.0 Å². The van der Waals surface area contributed by atoms with Crippen LogP contribution in [0.15, 0.2) is 60.7 Å². The van der Waals surface area contributed by atoms with Gasteiger partial charge in [-0.1, -0.05) is 82.3 Å². The molecule has 3 rings (SSSR count). The molecule has 0 aliphatic rings. The van der Waals surface area contributed by atoms with E-state index in [1.807, 2.05) is 65.0 Å². The Balaban J connectivity index is 1.98. The maximum Gasteiger partial charge on any atom is 0.334 e. The summed E-state index contributed by atoms with van der Waals surface area (Å²) in [5, 5.41) is 4.03. The highest BCUT2D eigenvalue weighted by Gasteiger charge is 2.50. The number of ether oxygens (including phenoxy) is 1. The average molecular weight is 613 g/mol. The molecule has 2 N–H and O–H groups in total. The van der Waals surface area contributed by atoms with Crippen molar-refractivity contribution >= 4 is 39.4 Å². The summed E-state index contributed by atoms with van der Waals surface area (Å²) in [6.45, 7) is 15.9. The van der Waals surface area contributed by atoms with Crippen molar-refractivity contribution in [3.63, 3.8) is 0 Å². The first-order chi connectivity index (χ1) is 19.7. The molecule has 0 radical (unpaired) electrons. The second kappa shape index (κ2) is 14.1. The summed E-state index contributed by atoms with van der Waals surface area (Å²) < 4.78 is 29.7. The number of nitrogens with one attached hydrogen (secondary N) is 1. The predicted octanol–water partition coefficient (Wildman–Crippen LogP) is 7.29. The van der Waals surface area contributed by atoms with Crippen molar-refractivity contribution in [1.29, 1.82) is 0 Å². The van der Waals surface area contributed by atoms with Crippen molar-refractivity contribution in [2.45, 2.75) is 79.4 Å². The molecule has 1 heterocycles. The molecule has 9 heteroatoms. The minimum absolute atomic E-state index is 0.164. The summed E-state index contributed by atoms with van der Waals surface area (Å²) >= 11 is -0.651. The van der Waals surface area contributed by atoms with Gasteiger partial charge in [0.25, 0.3) is 11.3 Å². The molecule has 42 heavy (non-hydrogen) atoms. The van der Waals surface area contributed by atoms with Gasteiger partial charge in [0.1, 0.15) is 5.00 Å². The van der Waals surface area contributed by atoms with Gasteiger partial charge >= 0.3 is 5.97 Å². The monoisotopic (exact) mass is 612 g/mol. The molecule has 0 aliphatic carbocycles. The zero-order valence-electron chi connectivity index (χ0n) is 25.9. The van der Waals surface area contributed by atoms with E-state index in [1.54, 1.807) is 46.8 Å². The van der Waals surface area contributed by atoms with Crippen LogP contribution in [-0.4, -0.2) is 38.2 Å². The minimum Gasteiger partial charge on any atom is -0.464 e. The lowest BCUT2D eigenvalue weighted by atomic mass is 9.79. The van der Waals surface area contributed by atoms with Crippen molar-refractivity contribution in [3.8, 4) is 11.1 Å². The highest BCUT2D eigenvalue weighted by atomic mass is 32.2. The largest absolute Gasteiger partial charge is 0.464 e. The molecule has 1 aromatic heterocycles. The Morgan fingerprint density at radius 2 is 1.64 bits per heavy atom. The van der Waals surface area contributed by atoms with Crippen LogP contribution in [0.2, 0.25) is 0 Å². The molecule has 0 spiro atoms. The summed E-state index contributed by atoms with van der Waals surface area (Å²) in [5.41, 5.74) is 1.01. The van der Waals surface area contributed by atoms with Gasteiger partial charge in [-0.15, -0.1) is 11.3 Å². The fourth-order valence-electron chi connectivity index (χ4n) is 4.95. The van der Waals surface area contributed by atoms with E-state index in [1.165, 1.54) is 0 Å². The molecular formula is C33H44N2O5S2. The first-order valence-electron chi connectivity index (χ1n) is 14.4. The number of rotatable bonds is 13. The van der Waals surface area contributed by atoms with E-state index >= 15 is 0 Å². The Hall–Kier alpha value is -2.85. The van der Waals surface area contributed by atoms with E-state index in [4.69, 9.17) is 4.74 Å². The molecule has 3 aromatic rings. The van der Waals surface area contributed by atoms with Crippen LogP contribution >= 0.6 is 11.3 Å². The molecule has 0 aliphatic heterocycles. The van der Waals surface area contributed by atoms with Crippen LogP contribution in [0.4, 0.5) is 5.00 Å². The van der Waals surface area contributed by atoms with Crippen molar-refractivity contribution in [2.75, 3.05) is 10.9 Å². The van der Waals surface area contributed by atoms with Gasteiger partial charge in [0.2, 0.25) is 0 Å². The van der Waals surface area contributed by atoms with E-state index in [9.17, 15) is 18.4 Å². The van der Waals surface area contributed by atoms with Crippen LogP contribution < -0.4 is 9.62 Å². The third-order valence-electron chi connectivity index (χ3n) is 7.02. The normalized spacial score (nSPS) is 14.1. The van der Waals surface area contributed by atoms with E-state index < -0.39 is 28.3 Å². The molecule has 0 amide bonds. The number of nitrogens with zero attached hydrogens (tertiary/aromatic N) is 1. The second-order valence-corrected chi connectivity index (χ2v) is 14.1. The van der Waals surface area contributed by atoms with Crippen LogP contribution in [0, 0.1) is 11.8 Å². The molecule has 7 nitrogen and oxygen atoms in total. The molecule has 0 bridgehead atoms. The summed E-state index contributed by atoms with van der Waals surface area (Å²) in [4.78, 5) is 28.3. The van der Waals surface area contributed by atoms with Gasteiger partial charge in [0.15, 0.2) is 11.3 Å². The zero-order chi connectivity index (χ0) is 31.2. The molecular weight excluding hydrogens is 569 g/mol. The number of carbonyl (C=O) groups is 2. The average Bonchev–Trinajstić information content (AvgIpc) is 3.30. The molecule has 228 valence electrons. The van der Waals surface area contributed by atoms with Gasteiger partial charge in [0, 0.05) is 28.1 Å². The predicted molar refractivity (Wildman–Crippen MR) is 173 cm³/mol. The third-order valence-corrected chi connectivity index (χ3v) is 9.32. The van der Waals surface area contributed by atoms with Crippen LogP contribution in [0.1, 0.15) is 76.2 Å². The number of esters is 1. The summed E-state index contributed by atoms with van der Waals surface area (Å²) in [6, 6.07) is 18.8. The quantitative estimate of drug-likeness (QED) is 0.0911. The Morgan fingerprint density at radius 3 is 2.14 bits per heavy atom. The van der Waals surface area contributed by atoms with Gasteiger partial charge in [-0.25, -0.2) is 9.00 Å². The first kappa shape index (κ1) is 33.6. The van der Waals surface area contributed by atoms with E-state index in [-0.39, 0.29) is 24.9 Å². The lowest BCUT2D eigenvalue weighted by Crippen LogP contribution is -2.62. The Morgan fingerprint density at radius 1 is 1.02 bits per heavy atom. The van der Waals surface area contributed by atoms with Gasteiger partial charge in [0.05, 0.1) is 6.61 Å². The molecule has 0 fully saturated rings. The van der Waals surface area contributed by atoms with E-state index in [0.29, 0.717) is 11.5 Å². The Kier molecular flexibility index (Phi) is 11.3. The molecule has 2 aromatic carbocycles. The van der Waals surface area contributed by atoms with Crippen molar-refractivity contribution in [3.05, 3.63) is 76.7 Å². The van der Waals surface area contributed by atoms with Gasteiger partial charge in [-0.05, 0) is 63.1 Å². The van der Waals surface area contributed by atoms with Gasteiger partial charge in [-0.2, -0.15) is 0 Å². The number of carbonyl (C=O) groups excluding carboxylic acids is 2. The SMILES string of the molecule is CCOC(=O)C(NCc1ccc(-c2cc(CC(C)C)sc2N(S(=O)O)C(C)(C)C)cc1)(C(=O)c1ccccc1)C(C)C. The fraction of sp³-hybridized carbons (Fsp3) is 0.455. The lowest BCUT2D eigenvalue weighted by molar-refractivity contribution is -0.150. The molecule has 0 saturated heterocycles. The van der Waals surface area contributed by atoms with Crippen molar-refractivity contribution < 1.29 is 23.1 Å². The molecule has 2 unspecified atom stereocenters. The molecule has 0 saturated carbocycles. The number of benzene rings is 2. The van der Waals surface area contributed by atoms with Crippen LogP contribution in [-0.2, 0) is 33.8 Å². The standard InChI is InChI=1S/C33H44N2O5S2/c1-9-40-31(37)33(23(4)5,29(36)26-13-11-10-12-14-26)34-21-24-15-17-25(18-16-24)28-20-27(19-22(2)3)41-30(28)35(42(38)39)32(6,7)8/h10-18,20,22-23,34H,9,19,21H2,1-8H3,(H,38,39). The number of ketones is 1. The second-order valence-electron chi connectivity index (χ2n) is 12.2. The highest BCUT2D eigenvalue weighted by Crippen LogP contribution is 2.43. The van der Waals surface area contributed by atoms with Crippen LogP contribution in [0.3, 0.4) is 0 Å². The molecule has 2 atom stereocenters. The number of anilines is 1. The van der Waals surface area contributed by atoms with Gasteiger partial charge in [-0.3, -0.25) is 19.0 Å². The highest BCUT2D eigenvalue weighted by molar-refractivity contribution is 7.81. The number of thiophene rings is 1. The first-order valence-corrected chi connectivity index (χ1v) is 16.3. The minimum atomic E-state index is -2.20. The van der Waals surface area contributed by atoms with Crippen molar-refractivity contribution in [2.24, 2.45) is 11.8 Å². The van der Waals surface area contributed by atoms with Crippen molar-refractivity contribution in [1.82, 2.24) is 5.32 Å². The number of Topliss-reactive ketones (excluding diaryl/α,β-unsaturated/α-hetero) is 1. The summed E-state index contributed by atoms with van der Waals surface area (Å²) in [5.74, 6) is -0.850. The topological polar surface area (TPSA) is 95.9 Å². The number of hydrogen-bond acceptors (Lipinski definition) is 6. The lowest BCUT2D eigenvalue weighted by Gasteiger charge is -2.35. The number of hydrogen-bond donors (Lipinski definition) is 2. The summed E-state index contributed by atoms with van der Waals surface area (Å²) in [6.07, 6.45) is 0.871. The van der Waals surface area contributed by atoms with Crippen LogP contribution in [0.25, 0.3) is 11.1 Å². The van der Waals surface area contributed by atoms with Crippen LogP contribution in [0.5, 0.6) is 0 Å². The van der Waals surface area contributed by atoms with E-state index in [2.05, 4.69) is 25.2 Å². The smallest absolute Gasteiger partial charge is 0.334 e. The zero-order valence-corrected chi connectivity index (χ0v) is 27.5.